The monoisotopic (exact) mass is 465 g/mol. The van der Waals surface area contributed by atoms with Crippen molar-refractivity contribution in [3.8, 4) is 11.4 Å². The zero-order valence-electron chi connectivity index (χ0n) is 18.5. The molecule has 32 heavy (non-hydrogen) atoms. The average molecular weight is 466 g/mol. The molecule has 0 spiro atoms. The minimum absolute atomic E-state index is 0.158. The van der Waals surface area contributed by atoms with Crippen LogP contribution in [-0.2, 0) is 0 Å². The molecule has 2 N–H and O–H groups in total. The maximum atomic E-state index is 13.2. The van der Waals surface area contributed by atoms with Gasteiger partial charge < -0.3 is 10.3 Å². The molecule has 0 saturated carbocycles. The number of H-pyrrole nitrogens is 1. The van der Waals surface area contributed by atoms with Crippen LogP contribution in [0.15, 0.2) is 54.6 Å². The molecule has 6 heteroatoms. The largest absolute Gasteiger partial charge is 0.338 e. The number of rotatable bonds is 5. The van der Waals surface area contributed by atoms with E-state index in [2.05, 4.69) is 61.2 Å². The number of benzene rings is 3. The Morgan fingerprint density at radius 2 is 1.50 bits per heavy atom. The smallest absolute Gasteiger partial charge is 0.255 e. The lowest BCUT2D eigenvalue weighted by Crippen LogP contribution is -2.16. The number of hydrogen-bond donors (Lipinski definition) is 2. The number of anilines is 1. The van der Waals surface area contributed by atoms with Gasteiger partial charge >= 0.3 is 0 Å². The number of aromatic amines is 1. The van der Waals surface area contributed by atoms with Crippen LogP contribution < -0.4 is 5.32 Å². The summed E-state index contributed by atoms with van der Waals surface area (Å²) < 4.78 is 0. The van der Waals surface area contributed by atoms with E-state index >= 15 is 0 Å². The molecule has 164 valence electrons. The van der Waals surface area contributed by atoms with Crippen LogP contribution in [-0.4, -0.2) is 15.9 Å². The van der Waals surface area contributed by atoms with Gasteiger partial charge in [0.2, 0.25) is 0 Å². The van der Waals surface area contributed by atoms with Crippen molar-refractivity contribution in [1.29, 1.82) is 0 Å². The van der Waals surface area contributed by atoms with Crippen molar-refractivity contribution in [3.05, 3.63) is 81.3 Å². The number of imidazole rings is 1. The quantitative estimate of drug-likeness (QED) is 0.313. The zero-order valence-corrected chi connectivity index (χ0v) is 20.0. The molecule has 0 radical (unpaired) electrons. The van der Waals surface area contributed by atoms with Crippen LogP contribution in [0.4, 0.5) is 5.69 Å². The van der Waals surface area contributed by atoms with Crippen molar-refractivity contribution in [2.45, 2.75) is 39.5 Å². The summed E-state index contributed by atoms with van der Waals surface area (Å²) in [5.41, 5.74) is 5.82. The van der Waals surface area contributed by atoms with Gasteiger partial charge in [-0.05, 0) is 53.3 Å². The number of para-hydroxylation sites is 1. The Bertz CT molecular complexity index is 1260. The molecule has 0 saturated heterocycles. The highest BCUT2D eigenvalue weighted by Crippen LogP contribution is 2.35. The van der Waals surface area contributed by atoms with Crippen molar-refractivity contribution in [2.75, 3.05) is 5.32 Å². The molecule has 0 aliphatic rings. The third-order valence-corrected chi connectivity index (χ3v) is 6.19. The predicted molar refractivity (Wildman–Crippen MR) is 134 cm³/mol. The number of amides is 1. The average Bonchev–Trinajstić information content (AvgIpc) is 3.16. The van der Waals surface area contributed by atoms with E-state index in [1.54, 1.807) is 30.3 Å². The fourth-order valence-corrected chi connectivity index (χ4v) is 4.45. The summed E-state index contributed by atoms with van der Waals surface area (Å²) in [6, 6.07) is 16.9. The summed E-state index contributed by atoms with van der Waals surface area (Å²) in [6.45, 7) is 8.53. The molecule has 0 bridgehead atoms. The Kier molecular flexibility index (Phi) is 6.27. The van der Waals surface area contributed by atoms with Crippen molar-refractivity contribution in [1.82, 2.24) is 9.97 Å². The Labute approximate surface area is 198 Å². The molecule has 3 aromatic carbocycles. The second-order valence-corrected chi connectivity index (χ2v) is 9.30. The van der Waals surface area contributed by atoms with Gasteiger partial charge in [0.25, 0.3) is 5.91 Å². The van der Waals surface area contributed by atoms with Crippen LogP contribution in [0, 0.1) is 0 Å². The summed E-state index contributed by atoms with van der Waals surface area (Å²) in [5, 5.41) is 4.19. The molecule has 0 aliphatic heterocycles. The summed E-state index contributed by atoms with van der Waals surface area (Å²) in [4.78, 5) is 21.1. The maximum Gasteiger partial charge on any atom is 0.255 e. The number of aromatic nitrogens is 2. The van der Waals surface area contributed by atoms with Crippen LogP contribution in [0.3, 0.4) is 0 Å². The fraction of sp³-hybridized carbons (Fsp3) is 0.231. The van der Waals surface area contributed by atoms with E-state index < -0.39 is 0 Å². The third-order valence-electron chi connectivity index (χ3n) is 5.56. The lowest BCUT2D eigenvalue weighted by molar-refractivity contribution is 0.102. The Morgan fingerprint density at radius 3 is 2.09 bits per heavy atom. The molecule has 0 fully saturated rings. The van der Waals surface area contributed by atoms with E-state index in [4.69, 9.17) is 23.2 Å². The van der Waals surface area contributed by atoms with Crippen LogP contribution in [0.5, 0.6) is 0 Å². The molecule has 1 amide bonds. The lowest BCUT2D eigenvalue weighted by atomic mass is 9.92. The van der Waals surface area contributed by atoms with E-state index in [0.717, 1.165) is 27.8 Å². The summed E-state index contributed by atoms with van der Waals surface area (Å²) in [6.07, 6.45) is 0. The van der Waals surface area contributed by atoms with Gasteiger partial charge in [0.1, 0.15) is 5.82 Å². The van der Waals surface area contributed by atoms with E-state index in [1.165, 1.54) is 0 Å². The number of fused-ring (bicyclic) bond motifs is 1. The predicted octanol–water partition coefficient (Wildman–Crippen LogP) is 8.04. The van der Waals surface area contributed by atoms with E-state index in [-0.39, 0.29) is 5.91 Å². The minimum atomic E-state index is -0.158. The highest BCUT2D eigenvalue weighted by Gasteiger charge is 2.18. The van der Waals surface area contributed by atoms with E-state index in [0.29, 0.717) is 38.8 Å². The molecule has 0 unspecified atom stereocenters. The summed E-state index contributed by atoms with van der Waals surface area (Å²) >= 11 is 12.7. The Hall–Kier alpha value is -2.82. The van der Waals surface area contributed by atoms with Gasteiger partial charge in [-0.3, -0.25) is 4.79 Å². The van der Waals surface area contributed by atoms with Gasteiger partial charge in [-0.1, -0.05) is 75.2 Å². The highest BCUT2D eigenvalue weighted by molar-refractivity contribution is 6.39. The second-order valence-electron chi connectivity index (χ2n) is 8.49. The summed E-state index contributed by atoms with van der Waals surface area (Å²) in [7, 11) is 0. The zero-order chi connectivity index (χ0) is 23.0. The SMILES string of the molecule is CC(C)c1cccc(C(C)C)c1NC(=O)c1ccc2nc(-c3c(Cl)cccc3Cl)[nH]c2c1. The van der Waals surface area contributed by atoms with Gasteiger partial charge in [-0.25, -0.2) is 4.98 Å². The van der Waals surface area contributed by atoms with Crippen LogP contribution in [0.25, 0.3) is 22.4 Å². The topological polar surface area (TPSA) is 57.8 Å². The summed E-state index contributed by atoms with van der Waals surface area (Å²) in [5.74, 6) is 0.998. The number of hydrogen-bond acceptors (Lipinski definition) is 2. The van der Waals surface area contributed by atoms with Gasteiger partial charge in [0.15, 0.2) is 0 Å². The molecular weight excluding hydrogens is 441 g/mol. The van der Waals surface area contributed by atoms with Crippen molar-refractivity contribution < 1.29 is 4.79 Å². The first-order valence-electron chi connectivity index (χ1n) is 10.6. The highest BCUT2D eigenvalue weighted by atomic mass is 35.5. The number of halogens is 2. The first kappa shape index (κ1) is 22.4. The Morgan fingerprint density at radius 1 is 0.906 bits per heavy atom. The molecule has 4 aromatic rings. The number of carbonyl (C=O) groups excluding carboxylic acids is 1. The molecule has 1 aromatic heterocycles. The number of nitrogens with zero attached hydrogens (tertiary/aromatic N) is 1. The first-order valence-corrected chi connectivity index (χ1v) is 11.4. The van der Waals surface area contributed by atoms with Crippen LogP contribution >= 0.6 is 23.2 Å². The van der Waals surface area contributed by atoms with Crippen molar-refractivity contribution in [2.24, 2.45) is 0 Å². The second kappa shape index (κ2) is 8.97. The van der Waals surface area contributed by atoms with E-state index in [1.807, 2.05) is 6.07 Å². The Balaban J connectivity index is 1.70. The number of nitrogens with one attached hydrogen (secondary N) is 2. The van der Waals surface area contributed by atoms with Crippen LogP contribution in [0.1, 0.15) is 61.0 Å². The molecule has 0 aliphatic carbocycles. The fourth-order valence-electron chi connectivity index (χ4n) is 3.87. The molecule has 1 heterocycles. The van der Waals surface area contributed by atoms with Gasteiger partial charge in [0.05, 0.1) is 26.6 Å². The van der Waals surface area contributed by atoms with Crippen molar-refractivity contribution >= 4 is 45.8 Å². The molecule has 4 nitrogen and oxygen atoms in total. The van der Waals surface area contributed by atoms with Gasteiger partial charge in [-0.15, -0.1) is 0 Å². The molecule has 4 rings (SSSR count). The lowest BCUT2D eigenvalue weighted by Gasteiger charge is -2.20. The molecule has 0 atom stereocenters. The maximum absolute atomic E-state index is 13.2. The normalized spacial score (nSPS) is 11.5. The standard InChI is InChI=1S/C26H25Cl2N3O/c1-14(2)17-7-5-8-18(15(3)4)24(17)31-26(32)16-11-12-21-22(13-16)30-25(29-21)23-19(27)9-6-10-20(23)28/h5-15H,1-4H3,(H,29,30)(H,31,32). The van der Waals surface area contributed by atoms with Gasteiger partial charge in [0, 0.05) is 11.3 Å². The minimum Gasteiger partial charge on any atom is -0.338 e. The van der Waals surface area contributed by atoms with Crippen LogP contribution in [0.2, 0.25) is 10.0 Å². The first-order chi connectivity index (χ1) is 15.3. The third kappa shape index (κ3) is 4.25. The van der Waals surface area contributed by atoms with Crippen molar-refractivity contribution in [3.63, 3.8) is 0 Å². The van der Waals surface area contributed by atoms with E-state index in [9.17, 15) is 4.79 Å². The number of carbonyl (C=O) groups is 1. The molecular formula is C26H25Cl2N3O. The van der Waals surface area contributed by atoms with Gasteiger partial charge in [-0.2, -0.15) is 0 Å².